The average molecular weight is 457 g/mol. The number of nitrogens with one attached hydrogen (secondary N) is 1. The highest BCUT2D eigenvalue weighted by Crippen LogP contribution is 2.40. The molecule has 3 amide bonds. The van der Waals surface area contributed by atoms with Crippen LogP contribution in [-0.2, 0) is 14.3 Å². The van der Waals surface area contributed by atoms with Crippen LogP contribution in [0.25, 0.3) is 0 Å². The van der Waals surface area contributed by atoms with Crippen LogP contribution in [0.1, 0.15) is 62.7 Å². The summed E-state index contributed by atoms with van der Waals surface area (Å²) in [5.41, 5.74) is 2.19. The van der Waals surface area contributed by atoms with Crippen molar-refractivity contribution in [3.63, 3.8) is 0 Å². The molecule has 33 heavy (non-hydrogen) atoms. The van der Waals surface area contributed by atoms with Crippen molar-refractivity contribution in [2.75, 3.05) is 49.1 Å². The predicted molar refractivity (Wildman–Crippen MR) is 128 cm³/mol. The van der Waals surface area contributed by atoms with Crippen LogP contribution in [0.2, 0.25) is 0 Å². The molecule has 0 radical (unpaired) electrons. The lowest BCUT2D eigenvalue weighted by atomic mass is 9.95. The van der Waals surface area contributed by atoms with E-state index in [1.165, 1.54) is 0 Å². The highest BCUT2D eigenvalue weighted by molar-refractivity contribution is 6.09. The minimum atomic E-state index is -0.237. The number of piperidine rings is 1. The third kappa shape index (κ3) is 5.32. The molecule has 2 fully saturated rings. The van der Waals surface area contributed by atoms with Crippen molar-refractivity contribution in [1.82, 2.24) is 10.2 Å². The molecule has 8 heteroatoms. The molecule has 0 spiro atoms. The van der Waals surface area contributed by atoms with Gasteiger partial charge < -0.3 is 19.9 Å². The van der Waals surface area contributed by atoms with E-state index in [0.29, 0.717) is 24.4 Å². The molecule has 1 N–H and O–H groups in total. The Hall–Kier alpha value is -2.61. The molecular weight excluding hydrogens is 420 g/mol. The monoisotopic (exact) mass is 456 g/mol. The maximum absolute atomic E-state index is 13.4. The van der Waals surface area contributed by atoms with E-state index in [2.05, 4.69) is 10.2 Å². The Morgan fingerprint density at radius 3 is 2.61 bits per heavy atom. The Balaban J connectivity index is 1.52. The van der Waals surface area contributed by atoms with Gasteiger partial charge in [0.2, 0.25) is 11.8 Å². The fourth-order valence-corrected chi connectivity index (χ4v) is 4.98. The maximum atomic E-state index is 13.4. The second-order valence-electron chi connectivity index (χ2n) is 9.46. The summed E-state index contributed by atoms with van der Waals surface area (Å²) in [6.45, 7) is 7.38. The van der Waals surface area contributed by atoms with E-state index in [1.807, 2.05) is 36.9 Å². The van der Waals surface area contributed by atoms with Crippen LogP contribution < -0.4 is 15.1 Å². The van der Waals surface area contributed by atoms with Crippen LogP contribution in [-0.4, -0.2) is 74.1 Å². The predicted octanol–water partition coefficient (Wildman–Crippen LogP) is 2.56. The van der Waals surface area contributed by atoms with Gasteiger partial charge in [-0.2, -0.15) is 0 Å². The van der Waals surface area contributed by atoms with Crippen molar-refractivity contribution in [3.8, 4) is 0 Å². The fraction of sp³-hybridized carbons (Fsp3) is 0.640. The number of carbonyl (C=O) groups excluding carboxylic acids is 3. The molecular formula is C25H36N4O4. The summed E-state index contributed by atoms with van der Waals surface area (Å²) in [6.07, 6.45) is 5.77. The highest BCUT2D eigenvalue weighted by atomic mass is 16.5. The summed E-state index contributed by atoms with van der Waals surface area (Å²) in [5.74, 6) is -0.247. The number of likely N-dealkylation sites (tertiary alicyclic amines) is 1. The number of rotatable bonds is 8. The molecule has 3 aliphatic heterocycles. The Bertz CT molecular complexity index is 881. The molecule has 0 aliphatic carbocycles. The Morgan fingerprint density at radius 2 is 1.85 bits per heavy atom. The van der Waals surface area contributed by atoms with Gasteiger partial charge >= 0.3 is 0 Å². The number of hydrogen-bond acceptors (Lipinski definition) is 5. The van der Waals surface area contributed by atoms with Crippen LogP contribution in [0.5, 0.6) is 0 Å². The normalized spacial score (nSPS) is 20.2. The van der Waals surface area contributed by atoms with Crippen LogP contribution in [0.4, 0.5) is 11.4 Å². The molecule has 2 saturated heterocycles. The number of ether oxygens (including phenoxy) is 1. The number of anilines is 2. The molecule has 180 valence electrons. The zero-order valence-electron chi connectivity index (χ0n) is 19.8. The summed E-state index contributed by atoms with van der Waals surface area (Å²) in [4.78, 5) is 44.8. The van der Waals surface area contributed by atoms with Gasteiger partial charge in [0.05, 0.1) is 17.5 Å². The summed E-state index contributed by atoms with van der Waals surface area (Å²) in [7, 11) is 0. The van der Waals surface area contributed by atoms with Crippen molar-refractivity contribution in [3.05, 3.63) is 23.8 Å². The van der Waals surface area contributed by atoms with E-state index >= 15 is 0 Å². The molecule has 4 rings (SSSR count). The number of nitrogens with zero attached hydrogens (tertiary/aromatic N) is 3. The van der Waals surface area contributed by atoms with E-state index in [9.17, 15) is 14.4 Å². The quantitative estimate of drug-likeness (QED) is 0.608. The average Bonchev–Trinajstić information content (AvgIpc) is 3.35. The van der Waals surface area contributed by atoms with Gasteiger partial charge in [-0.15, -0.1) is 0 Å². The number of benzene rings is 1. The standard InChI is InChI=1S/C25H36N4O4/c1-18(2)33-15-7-11-26-23(30)17-29-22-16-19(24(31)27-12-5-6-13-27)9-10-20(22)28-14-4-3-8-21(28)25(29)32/h9-10,16,18,21H,3-8,11-15,17H2,1-2H3,(H,26,30). The molecule has 0 aromatic heterocycles. The smallest absolute Gasteiger partial charge is 0.253 e. The van der Waals surface area contributed by atoms with Gasteiger partial charge in [0.15, 0.2) is 0 Å². The van der Waals surface area contributed by atoms with Gasteiger partial charge in [0.1, 0.15) is 12.6 Å². The first-order valence-electron chi connectivity index (χ1n) is 12.4. The summed E-state index contributed by atoms with van der Waals surface area (Å²) in [6, 6.07) is 5.40. The number of amides is 3. The Morgan fingerprint density at radius 1 is 1.09 bits per heavy atom. The van der Waals surface area contributed by atoms with Crippen LogP contribution in [0.3, 0.4) is 0 Å². The van der Waals surface area contributed by atoms with E-state index < -0.39 is 0 Å². The van der Waals surface area contributed by atoms with Crippen LogP contribution in [0.15, 0.2) is 18.2 Å². The van der Waals surface area contributed by atoms with Crippen molar-refractivity contribution >= 4 is 29.1 Å². The Labute approximate surface area is 196 Å². The van der Waals surface area contributed by atoms with Crippen LogP contribution >= 0.6 is 0 Å². The van der Waals surface area contributed by atoms with Crippen molar-refractivity contribution < 1.29 is 19.1 Å². The molecule has 3 heterocycles. The van der Waals surface area contributed by atoms with Crippen molar-refractivity contribution in [2.45, 2.75) is 64.5 Å². The van der Waals surface area contributed by atoms with E-state index in [4.69, 9.17) is 4.74 Å². The lowest BCUT2D eigenvalue weighted by molar-refractivity contribution is -0.125. The van der Waals surface area contributed by atoms with Gasteiger partial charge in [0, 0.05) is 38.3 Å². The molecule has 1 aromatic rings. The number of hydrogen-bond donors (Lipinski definition) is 1. The van der Waals surface area contributed by atoms with Crippen molar-refractivity contribution in [1.29, 1.82) is 0 Å². The number of carbonyl (C=O) groups is 3. The summed E-state index contributed by atoms with van der Waals surface area (Å²) < 4.78 is 5.52. The largest absolute Gasteiger partial charge is 0.379 e. The second kappa shape index (κ2) is 10.5. The lowest BCUT2D eigenvalue weighted by Crippen LogP contribution is -2.57. The maximum Gasteiger partial charge on any atom is 0.253 e. The first-order chi connectivity index (χ1) is 16.0. The summed E-state index contributed by atoms with van der Waals surface area (Å²) >= 11 is 0. The second-order valence-corrected chi connectivity index (χ2v) is 9.46. The SMILES string of the molecule is CC(C)OCCCNC(=O)CN1C(=O)C2CCCCN2c2ccc(C(=O)N3CCCC3)cc21. The number of fused-ring (bicyclic) bond motifs is 3. The van der Waals surface area contributed by atoms with E-state index in [0.717, 1.165) is 63.8 Å². The van der Waals surface area contributed by atoms with Gasteiger partial charge in [0.25, 0.3) is 5.91 Å². The minimum Gasteiger partial charge on any atom is -0.379 e. The third-order valence-electron chi connectivity index (χ3n) is 6.67. The van der Waals surface area contributed by atoms with Gasteiger partial charge in [-0.1, -0.05) is 0 Å². The topological polar surface area (TPSA) is 82.2 Å². The molecule has 8 nitrogen and oxygen atoms in total. The zero-order valence-corrected chi connectivity index (χ0v) is 19.8. The summed E-state index contributed by atoms with van der Waals surface area (Å²) in [5, 5.41) is 2.91. The van der Waals surface area contributed by atoms with Crippen molar-refractivity contribution in [2.24, 2.45) is 0 Å². The zero-order chi connectivity index (χ0) is 23.4. The first kappa shape index (κ1) is 23.5. The van der Waals surface area contributed by atoms with Crippen LogP contribution in [0, 0.1) is 0 Å². The first-order valence-corrected chi connectivity index (χ1v) is 12.4. The van der Waals surface area contributed by atoms with Gasteiger partial charge in [-0.3, -0.25) is 19.3 Å². The molecule has 1 unspecified atom stereocenters. The molecule has 0 saturated carbocycles. The highest BCUT2D eigenvalue weighted by Gasteiger charge is 2.40. The molecule has 1 atom stereocenters. The molecule has 1 aromatic carbocycles. The Kier molecular flexibility index (Phi) is 7.53. The third-order valence-corrected chi connectivity index (χ3v) is 6.67. The molecule has 0 bridgehead atoms. The van der Waals surface area contributed by atoms with Gasteiger partial charge in [-0.05, 0) is 70.6 Å². The van der Waals surface area contributed by atoms with E-state index in [-0.39, 0.29) is 36.4 Å². The lowest BCUT2D eigenvalue weighted by Gasteiger charge is -2.45. The molecule has 3 aliphatic rings. The van der Waals surface area contributed by atoms with E-state index in [1.54, 1.807) is 4.90 Å². The van der Waals surface area contributed by atoms with Gasteiger partial charge in [-0.25, -0.2) is 0 Å². The minimum absolute atomic E-state index is 0.00179. The fourth-order valence-electron chi connectivity index (χ4n) is 4.98.